The van der Waals surface area contributed by atoms with Crippen LogP contribution in [0, 0.1) is 6.92 Å². The molecule has 0 saturated carbocycles. The number of nitrogens with zero attached hydrogens (tertiary/aromatic N) is 1. The molecule has 0 spiro atoms. The number of benzene rings is 3. The summed E-state index contributed by atoms with van der Waals surface area (Å²) < 4.78 is 2.43. The summed E-state index contributed by atoms with van der Waals surface area (Å²) in [6.45, 7) is 11.7. The van der Waals surface area contributed by atoms with Crippen molar-refractivity contribution in [2.75, 3.05) is 0 Å². The molecule has 3 nitrogen and oxygen atoms in total. The second-order valence-corrected chi connectivity index (χ2v) is 13.3. The molecule has 218 valence electrons. The van der Waals surface area contributed by atoms with Crippen LogP contribution in [-0.2, 0) is 15.6 Å². The van der Waals surface area contributed by atoms with Gasteiger partial charge in [-0.3, -0.25) is 4.79 Å². The van der Waals surface area contributed by atoms with Gasteiger partial charge in [0, 0.05) is 41.7 Å². The van der Waals surface area contributed by atoms with E-state index in [4.69, 9.17) is 5.73 Å². The van der Waals surface area contributed by atoms with Crippen molar-refractivity contribution in [3.63, 3.8) is 0 Å². The van der Waals surface area contributed by atoms with Crippen molar-refractivity contribution in [1.82, 2.24) is 4.58 Å². The van der Waals surface area contributed by atoms with Gasteiger partial charge in [0.1, 0.15) is 0 Å². The maximum absolute atomic E-state index is 11.1. The lowest BCUT2D eigenvalue weighted by molar-refractivity contribution is -0.118. The number of carbonyl (C=O) groups excluding carboxylic acids is 1. The van der Waals surface area contributed by atoms with Crippen LogP contribution >= 0.6 is 0 Å². The summed E-state index contributed by atoms with van der Waals surface area (Å²) in [4.78, 5) is 11.1. The molecular weight excluding hydrogens is 512 g/mol. The number of hydrogen-bond donors (Lipinski definition) is 1. The normalized spacial score (nSPS) is 19.7. The topological polar surface area (TPSA) is 46.1 Å². The highest BCUT2D eigenvalue weighted by molar-refractivity contribution is 6.10. The molecule has 42 heavy (non-hydrogen) atoms. The molecule has 2 aliphatic rings. The van der Waals surface area contributed by atoms with Crippen molar-refractivity contribution in [2.45, 2.75) is 96.3 Å². The van der Waals surface area contributed by atoms with Gasteiger partial charge in [0.15, 0.2) is 5.71 Å². The van der Waals surface area contributed by atoms with Gasteiger partial charge in [-0.1, -0.05) is 111 Å². The van der Waals surface area contributed by atoms with E-state index in [1.54, 1.807) is 0 Å². The van der Waals surface area contributed by atoms with E-state index in [2.05, 4.69) is 130 Å². The third-order valence-corrected chi connectivity index (χ3v) is 9.58. The molecule has 0 bridgehead atoms. The lowest BCUT2D eigenvalue weighted by Gasteiger charge is -2.40. The van der Waals surface area contributed by atoms with Gasteiger partial charge in [-0.25, -0.2) is 0 Å². The van der Waals surface area contributed by atoms with Gasteiger partial charge >= 0.3 is 0 Å². The number of aryl methyl sites for hydroxylation is 1. The smallest absolute Gasteiger partial charge is 0.217 e. The summed E-state index contributed by atoms with van der Waals surface area (Å²) in [5, 5.41) is 0. The number of allylic oxidation sites excluding steroid dienone is 4. The van der Waals surface area contributed by atoms with E-state index < -0.39 is 0 Å². The van der Waals surface area contributed by atoms with Crippen LogP contribution in [0.25, 0.3) is 0 Å². The monoisotopic (exact) mass is 559 g/mol. The predicted octanol–water partition coefficient (Wildman–Crippen LogP) is 9.34. The fraction of sp³-hybridized carbons (Fsp3) is 0.385. The van der Waals surface area contributed by atoms with Crippen molar-refractivity contribution in [2.24, 2.45) is 5.73 Å². The van der Waals surface area contributed by atoms with Crippen LogP contribution in [0.15, 0.2) is 96.6 Å². The SMILES string of the molecule is Cc1ccc2c(c1)C(C)(C)C(=CC=CC1=[N+](c3ccccc3)c3ccccc3C1(C)C)CC2CCCCCCC(N)=O. The minimum absolute atomic E-state index is 0.0262. The van der Waals surface area contributed by atoms with Gasteiger partial charge in [0.25, 0.3) is 0 Å². The molecule has 3 aromatic rings. The van der Waals surface area contributed by atoms with Crippen molar-refractivity contribution in [1.29, 1.82) is 0 Å². The van der Waals surface area contributed by atoms with Crippen molar-refractivity contribution in [3.8, 4) is 0 Å². The van der Waals surface area contributed by atoms with E-state index in [1.807, 2.05) is 0 Å². The second-order valence-electron chi connectivity index (χ2n) is 13.3. The van der Waals surface area contributed by atoms with E-state index in [1.165, 1.54) is 57.8 Å². The Morgan fingerprint density at radius 1 is 0.881 bits per heavy atom. The molecular formula is C39H47N2O+. The number of carbonyl (C=O) groups is 1. The van der Waals surface area contributed by atoms with Crippen molar-refractivity contribution < 1.29 is 4.79 Å². The van der Waals surface area contributed by atoms with Crippen molar-refractivity contribution in [3.05, 3.63) is 119 Å². The van der Waals surface area contributed by atoms with Crippen LogP contribution in [0.4, 0.5) is 11.4 Å². The molecule has 0 fully saturated rings. The zero-order valence-electron chi connectivity index (χ0n) is 26.1. The lowest BCUT2D eigenvalue weighted by atomic mass is 9.64. The third-order valence-electron chi connectivity index (χ3n) is 9.58. The average molecular weight is 560 g/mol. The molecule has 5 rings (SSSR count). The zero-order valence-corrected chi connectivity index (χ0v) is 26.1. The first kappa shape index (κ1) is 29.8. The van der Waals surface area contributed by atoms with Gasteiger partial charge in [0.2, 0.25) is 17.3 Å². The molecule has 2 N–H and O–H groups in total. The van der Waals surface area contributed by atoms with E-state index in [-0.39, 0.29) is 16.7 Å². The highest BCUT2D eigenvalue weighted by Gasteiger charge is 2.45. The fourth-order valence-electron chi connectivity index (χ4n) is 7.09. The first-order valence-electron chi connectivity index (χ1n) is 15.7. The number of amides is 1. The molecule has 1 amide bonds. The van der Waals surface area contributed by atoms with Crippen LogP contribution in [0.5, 0.6) is 0 Å². The minimum Gasteiger partial charge on any atom is -0.370 e. The fourth-order valence-corrected chi connectivity index (χ4v) is 7.09. The Balaban J connectivity index is 1.46. The number of fused-ring (bicyclic) bond motifs is 2. The Labute approximate surface area is 252 Å². The minimum atomic E-state index is -0.188. The molecule has 3 heteroatoms. The Kier molecular flexibility index (Phi) is 8.68. The summed E-state index contributed by atoms with van der Waals surface area (Å²) in [6.07, 6.45) is 14.1. The average Bonchev–Trinajstić information content (AvgIpc) is 3.19. The Morgan fingerprint density at radius 3 is 2.36 bits per heavy atom. The molecule has 0 radical (unpaired) electrons. The summed E-state index contributed by atoms with van der Waals surface area (Å²) >= 11 is 0. The van der Waals surface area contributed by atoms with E-state index in [0.717, 1.165) is 25.7 Å². The number of rotatable bonds is 10. The maximum Gasteiger partial charge on any atom is 0.217 e. The van der Waals surface area contributed by atoms with Crippen LogP contribution in [0.3, 0.4) is 0 Å². The van der Waals surface area contributed by atoms with E-state index in [9.17, 15) is 4.79 Å². The Morgan fingerprint density at radius 2 is 1.60 bits per heavy atom. The van der Waals surface area contributed by atoms with Gasteiger partial charge < -0.3 is 5.73 Å². The molecule has 3 aromatic carbocycles. The van der Waals surface area contributed by atoms with Crippen LogP contribution in [0.1, 0.15) is 101 Å². The first-order valence-corrected chi connectivity index (χ1v) is 15.7. The van der Waals surface area contributed by atoms with Gasteiger partial charge in [-0.05, 0) is 57.1 Å². The molecule has 0 aromatic heterocycles. The molecule has 0 saturated heterocycles. The molecule has 1 aliphatic heterocycles. The largest absolute Gasteiger partial charge is 0.370 e. The maximum atomic E-state index is 11.1. The second kappa shape index (κ2) is 12.3. The van der Waals surface area contributed by atoms with Gasteiger partial charge in [0.05, 0.1) is 5.41 Å². The highest BCUT2D eigenvalue weighted by atomic mass is 16.1. The number of para-hydroxylation sites is 2. The van der Waals surface area contributed by atoms with Gasteiger partial charge in [-0.15, -0.1) is 0 Å². The summed E-state index contributed by atoms with van der Waals surface area (Å²) in [6, 6.07) is 26.6. The molecule has 1 atom stereocenters. The van der Waals surface area contributed by atoms with Crippen LogP contribution in [-0.4, -0.2) is 11.6 Å². The van der Waals surface area contributed by atoms with Crippen LogP contribution < -0.4 is 10.3 Å². The number of nitrogens with two attached hydrogens (primary N) is 1. The highest BCUT2D eigenvalue weighted by Crippen LogP contribution is 2.48. The van der Waals surface area contributed by atoms with E-state index >= 15 is 0 Å². The van der Waals surface area contributed by atoms with Gasteiger partial charge in [-0.2, -0.15) is 4.58 Å². The Bertz CT molecular complexity index is 1540. The third kappa shape index (κ3) is 5.93. The van der Waals surface area contributed by atoms with E-state index in [0.29, 0.717) is 12.3 Å². The number of unbranched alkanes of at least 4 members (excludes halogenated alkanes) is 3. The molecule has 1 aliphatic carbocycles. The lowest BCUT2D eigenvalue weighted by Crippen LogP contribution is -2.29. The standard InChI is InChI=1S/C39H46N2O/c1-28-24-25-32-29(16-9-6-7-12-23-37(40)42)27-30(38(2,3)34(32)26-28)17-15-22-36-39(4,5)33-20-13-14-21-35(33)41(36)31-18-10-8-11-19-31/h8,10-11,13-15,17-22,24-26,29H,6-7,9,12,16,23,27H2,1-5H3,(H-,40,42)/p+1. The first-order chi connectivity index (χ1) is 20.1. The Hall–Kier alpha value is -3.72. The van der Waals surface area contributed by atoms with Crippen LogP contribution in [0.2, 0.25) is 0 Å². The number of primary amides is 1. The summed E-state index contributed by atoms with van der Waals surface area (Å²) in [7, 11) is 0. The zero-order chi connectivity index (χ0) is 29.9. The molecule has 1 heterocycles. The van der Waals surface area contributed by atoms with Crippen molar-refractivity contribution >= 4 is 23.0 Å². The summed E-state index contributed by atoms with van der Waals surface area (Å²) in [5.74, 6) is 0.330. The molecule has 1 unspecified atom stereocenters. The predicted molar refractivity (Wildman–Crippen MR) is 178 cm³/mol. The quantitative estimate of drug-likeness (QED) is 0.195. The summed E-state index contributed by atoms with van der Waals surface area (Å²) in [5.41, 5.74) is 16.1. The number of hydrogen-bond acceptors (Lipinski definition) is 1.